The molecule has 1 aliphatic carbocycles. The molecular weight excluding hydrogens is 536 g/mol. The van der Waals surface area contributed by atoms with Crippen molar-refractivity contribution in [3.63, 3.8) is 0 Å². The summed E-state index contributed by atoms with van der Waals surface area (Å²) in [5, 5.41) is 14.2. The molecule has 1 heterocycles. The van der Waals surface area contributed by atoms with Crippen molar-refractivity contribution in [3.05, 3.63) is 88.3 Å². The number of amides is 2. The quantitative estimate of drug-likeness (QED) is 0.160. The van der Waals surface area contributed by atoms with Crippen molar-refractivity contribution in [2.45, 2.75) is 42.8 Å². The Morgan fingerprint density at radius 2 is 1.79 bits per heavy atom. The first-order valence-electron chi connectivity index (χ1n) is 12.5. The summed E-state index contributed by atoms with van der Waals surface area (Å²) in [6.07, 6.45) is 5.39. The summed E-state index contributed by atoms with van der Waals surface area (Å²) >= 11 is 2.74. The maximum Gasteiger partial charge on any atom is 0.341 e. The maximum atomic E-state index is 13.8. The lowest BCUT2D eigenvalue weighted by Crippen LogP contribution is -2.20. The van der Waals surface area contributed by atoms with Gasteiger partial charge in [-0.05, 0) is 61.9 Å². The molecule has 0 bridgehead atoms. The molecule has 2 amide bonds. The van der Waals surface area contributed by atoms with Gasteiger partial charge >= 0.3 is 11.9 Å². The van der Waals surface area contributed by atoms with Crippen LogP contribution in [0.3, 0.4) is 0 Å². The van der Waals surface area contributed by atoms with E-state index in [-0.39, 0.29) is 12.5 Å². The van der Waals surface area contributed by atoms with Gasteiger partial charge in [0.15, 0.2) is 0 Å². The van der Waals surface area contributed by atoms with E-state index in [9.17, 15) is 19.2 Å². The standard InChI is InChI=1S/C29H28N2O6S2/c1-2-37-29(36)25-21-13-6-7-14-22(21)39-28(25)31-27(35)26(18-9-4-3-5-10-18)38-20-12-8-11-19(17-20)30-23(32)15-16-24(33)34/h3-5,8-12,15-17,26H,2,6-7,13-14H2,1H3,(H,30,32)(H,31,35)(H,33,34)/b16-15+. The number of thioether (sulfide) groups is 1. The second-order valence-corrected chi connectivity index (χ2v) is 11.0. The number of ether oxygens (including phenoxy) is 1. The zero-order valence-corrected chi connectivity index (χ0v) is 22.9. The Morgan fingerprint density at radius 1 is 1.03 bits per heavy atom. The number of hydrogen-bond acceptors (Lipinski definition) is 7. The van der Waals surface area contributed by atoms with Crippen molar-refractivity contribution in [1.29, 1.82) is 0 Å². The zero-order valence-electron chi connectivity index (χ0n) is 21.3. The molecule has 1 aliphatic rings. The Hall–Kier alpha value is -3.89. The van der Waals surface area contributed by atoms with Crippen molar-refractivity contribution in [2.24, 2.45) is 0 Å². The van der Waals surface area contributed by atoms with E-state index < -0.39 is 23.1 Å². The molecule has 0 saturated carbocycles. The van der Waals surface area contributed by atoms with Crippen LogP contribution < -0.4 is 10.6 Å². The van der Waals surface area contributed by atoms with Gasteiger partial charge in [0.25, 0.3) is 0 Å². The molecule has 0 spiro atoms. The maximum absolute atomic E-state index is 13.8. The fraction of sp³-hybridized carbons (Fsp3) is 0.241. The fourth-order valence-corrected chi connectivity index (χ4v) is 6.63. The van der Waals surface area contributed by atoms with Crippen molar-refractivity contribution < 1.29 is 29.0 Å². The molecule has 1 aromatic heterocycles. The van der Waals surface area contributed by atoms with Crippen molar-refractivity contribution in [3.8, 4) is 0 Å². The van der Waals surface area contributed by atoms with Gasteiger partial charge in [-0.25, -0.2) is 9.59 Å². The third-order valence-electron chi connectivity index (χ3n) is 5.96. The van der Waals surface area contributed by atoms with Crippen LogP contribution in [0.4, 0.5) is 10.7 Å². The molecule has 0 saturated heterocycles. The molecule has 4 rings (SSSR count). The molecule has 3 N–H and O–H groups in total. The smallest absolute Gasteiger partial charge is 0.341 e. The van der Waals surface area contributed by atoms with Gasteiger partial charge in [-0.1, -0.05) is 36.4 Å². The molecule has 3 aromatic rings. The number of carbonyl (C=O) groups is 4. The Morgan fingerprint density at radius 3 is 2.54 bits per heavy atom. The normalized spacial score (nSPS) is 13.4. The predicted molar refractivity (Wildman–Crippen MR) is 152 cm³/mol. The van der Waals surface area contributed by atoms with Crippen LogP contribution in [-0.4, -0.2) is 35.5 Å². The van der Waals surface area contributed by atoms with Crippen LogP contribution in [0.15, 0.2) is 71.6 Å². The summed E-state index contributed by atoms with van der Waals surface area (Å²) in [6, 6.07) is 16.3. The van der Waals surface area contributed by atoms with E-state index in [1.165, 1.54) is 23.1 Å². The number of hydrogen-bond donors (Lipinski definition) is 3. The molecule has 8 nitrogen and oxygen atoms in total. The minimum Gasteiger partial charge on any atom is -0.478 e. The minimum absolute atomic E-state index is 0.248. The number of carbonyl (C=O) groups excluding carboxylic acids is 3. The number of aliphatic carboxylic acids is 1. The minimum atomic E-state index is -1.22. The Balaban J connectivity index is 1.60. The first-order valence-corrected chi connectivity index (χ1v) is 14.2. The third kappa shape index (κ3) is 7.36. The van der Waals surface area contributed by atoms with Gasteiger partial charge in [0.05, 0.1) is 12.2 Å². The number of carboxylic acid groups (broad SMARTS) is 1. The summed E-state index contributed by atoms with van der Waals surface area (Å²) in [7, 11) is 0. The lowest BCUT2D eigenvalue weighted by molar-refractivity contribution is -0.131. The van der Waals surface area contributed by atoms with Crippen LogP contribution in [0.1, 0.15) is 51.4 Å². The average molecular weight is 565 g/mol. The van der Waals surface area contributed by atoms with Crippen LogP contribution in [0.2, 0.25) is 0 Å². The Kier molecular flexibility index (Phi) is 9.56. The van der Waals surface area contributed by atoms with Gasteiger partial charge in [0.1, 0.15) is 10.3 Å². The largest absolute Gasteiger partial charge is 0.478 e. The number of aryl methyl sites for hydroxylation is 1. The van der Waals surface area contributed by atoms with Gasteiger partial charge in [-0.2, -0.15) is 0 Å². The van der Waals surface area contributed by atoms with Crippen LogP contribution in [0.25, 0.3) is 0 Å². The predicted octanol–water partition coefficient (Wildman–Crippen LogP) is 5.86. The van der Waals surface area contributed by atoms with Crippen LogP contribution in [-0.2, 0) is 32.0 Å². The Labute approximate surface area is 234 Å². The molecule has 0 fully saturated rings. The number of rotatable bonds is 10. The molecular formula is C29H28N2O6S2. The van der Waals surface area contributed by atoms with E-state index in [2.05, 4.69) is 10.6 Å². The van der Waals surface area contributed by atoms with Gasteiger partial charge in [-0.3, -0.25) is 9.59 Å². The lowest BCUT2D eigenvalue weighted by Gasteiger charge is -2.18. The monoisotopic (exact) mass is 564 g/mol. The van der Waals surface area contributed by atoms with Crippen LogP contribution >= 0.6 is 23.1 Å². The van der Waals surface area contributed by atoms with Crippen LogP contribution in [0, 0.1) is 0 Å². The van der Waals surface area contributed by atoms with E-state index in [0.717, 1.165) is 58.7 Å². The van der Waals surface area contributed by atoms with Gasteiger partial charge in [-0.15, -0.1) is 23.1 Å². The van der Waals surface area contributed by atoms with Gasteiger partial charge < -0.3 is 20.5 Å². The average Bonchev–Trinajstić information content (AvgIpc) is 3.29. The fourth-order valence-electron chi connectivity index (χ4n) is 4.27. The highest BCUT2D eigenvalue weighted by molar-refractivity contribution is 8.00. The second kappa shape index (κ2) is 13.3. The number of anilines is 2. The molecule has 39 heavy (non-hydrogen) atoms. The van der Waals surface area contributed by atoms with E-state index in [1.54, 1.807) is 25.1 Å². The first kappa shape index (κ1) is 28.1. The number of thiophene rings is 1. The van der Waals surface area contributed by atoms with E-state index in [4.69, 9.17) is 9.84 Å². The molecule has 0 radical (unpaired) electrons. The molecule has 10 heteroatoms. The molecule has 2 aromatic carbocycles. The highest BCUT2D eigenvalue weighted by atomic mass is 32.2. The van der Waals surface area contributed by atoms with Crippen molar-refractivity contribution in [1.82, 2.24) is 0 Å². The first-order chi connectivity index (χ1) is 18.9. The number of fused-ring (bicyclic) bond motifs is 1. The SMILES string of the molecule is CCOC(=O)c1c(NC(=O)C(Sc2cccc(NC(=O)/C=C/C(=O)O)c2)c2ccccc2)sc2c1CCCC2. The summed E-state index contributed by atoms with van der Waals surface area (Å²) in [4.78, 5) is 51.2. The number of esters is 1. The van der Waals surface area contributed by atoms with Gasteiger partial charge in [0.2, 0.25) is 11.8 Å². The van der Waals surface area contributed by atoms with E-state index >= 15 is 0 Å². The lowest BCUT2D eigenvalue weighted by atomic mass is 9.95. The molecule has 202 valence electrons. The zero-order chi connectivity index (χ0) is 27.8. The number of benzene rings is 2. The highest BCUT2D eigenvalue weighted by Crippen LogP contribution is 2.41. The summed E-state index contributed by atoms with van der Waals surface area (Å²) in [5.41, 5.74) is 2.67. The topological polar surface area (TPSA) is 122 Å². The second-order valence-electron chi connectivity index (χ2n) is 8.72. The summed E-state index contributed by atoms with van der Waals surface area (Å²) < 4.78 is 5.33. The Bertz CT molecular complexity index is 1400. The van der Waals surface area contributed by atoms with Crippen molar-refractivity contribution in [2.75, 3.05) is 17.2 Å². The van der Waals surface area contributed by atoms with E-state index in [0.29, 0.717) is 16.3 Å². The van der Waals surface area contributed by atoms with Crippen molar-refractivity contribution >= 4 is 57.5 Å². The molecule has 0 aliphatic heterocycles. The highest BCUT2D eigenvalue weighted by Gasteiger charge is 2.30. The summed E-state index contributed by atoms with van der Waals surface area (Å²) in [5.74, 6) is -2.50. The number of nitrogens with one attached hydrogen (secondary N) is 2. The summed E-state index contributed by atoms with van der Waals surface area (Å²) in [6.45, 7) is 2.01. The molecule has 1 atom stereocenters. The molecule has 1 unspecified atom stereocenters. The van der Waals surface area contributed by atoms with E-state index in [1.807, 2.05) is 36.4 Å². The number of carboxylic acids is 1. The van der Waals surface area contributed by atoms with Gasteiger partial charge in [0, 0.05) is 27.6 Å². The van der Waals surface area contributed by atoms with Crippen LogP contribution in [0.5, 0.6) is 0 Å². The third-order valence-corrected chi connectivity index (χ3v) is 8.42.